The molecule has 0 aliphatic rings. The summed E-state index contributed by atoms with van der Waals surface area (Å²) in [5.41, 5.74) is 1.08. The predicted octanol–water partition coefficient (Wildman–Crippen LogP) is 3.10. The maximum absolute atomic E-state index is 13.2. The van der Waals surface area contributed by atoms with Crippen molar-refractivity contribution in [2.45, 2.75) is 6.61 Å². The first-order valence-electron chi connectivity index (χ1n) is 6.12. The summed E-state index contributed by atoms with van der Waals surface area (Å²) in [5, 5.41) is 8.97. The molecule has 0 heterocycles. The molecule has 2 aromatic carbocycles. The highest BCUT2D eigenvalue weighted by Crippen LogP contribution is 2.24. The Balaban J connectivity index is 2.22. The van der Waals surface area contributed by atoms with Crippen molar-refractivity contribution < 1.29 is 18.7 Å². The Morgan fingerprint density at radius 3 is 2.76 bits per heavy atom. The maximum Gasteiger partial charge on any atom is 0.153 e. The lowest BCUT2D eigenvalue weighted by molar-refractivity contribution is 0.111. The third kappa shape index (κ3) is 3.37. The van der Waals surface area contributed by atoms with Crippen LogP contribution in [0.15, 0.2) is 36.4 Å². The van der Waals surface area contributed by atoms with Crippen LogP contribution in [0.1, 0.15) is 21.5 Å². The second-order valence-corrected chi connectivity index (χ2v) is 4.22. The van der Waals surface area contributed by atoms with Crippen molar-refractivity contribution in [1.29, 1.82) is 5.26 Å². The van der Waals surface area contributed by atoms with E-state index in [-0.39, 0.29) is 6.61 Å². The van der Waals surface area contributed by atoms with Gasteiger partial charge in [-0.1, -0.05) is 0 Å². The number of aldehydes is 1. The second kappa shape index (κ2) is 6.53. The van der Waals surface area contributed by atoms with Gasteiger partial charge in [-0.25, -0.2) is 4.39 Å². The summed E-state index contributed by atoms with van der Waals surface area (Å²) in [5.74, 6) is 0.435. The number of carbonyl (C=O) groups is 1. The third-order valence-electron chi connectivity index (χ3n) is 2.91. The number of hydrogen-bond acceptors (Lipinski definition) is 4. The molecule has 0 aliphatic heterocycles. The van der Waals surface area contributed by atoms with E-state index in [1.807, 2.05) is 6.07 Å². The van der Waals surface area contributed by atoms with E-state index in [1.54, 1.807) is 18.2 Å². The van der Waals surface area contributed by atoms with E-state index in [0.29, 0.717) is 34.5 Å². The fourth-order valence-electron chi connectivity index (χ4n) is 1.82. The van der Waals surface area contributed by atoms with E-state index in [9.17, 15) is 9.18 Å². The van der Waals surface area contributed by atoms with Gasteiger partial charge < -0.3 is 9.47 Å². The molecular weight excluding hydrogens is 273 g/mol. The second-order valence-electron chi connectivity index (χ2n) is 4.22. The summed E-state index contributed by atoms with van der Waals surface area (Å²) in [4.78, 5) is 11.0. The van der Waals surface area contributed by atoms with Crippen LogP contribution >= 0.6 is 0 Å². The van der Waals surface area contributed by atoms with Crippen LogP contribution in [0.3, 0.4) is 0 Å². The zero-order valence-electron chi connectivity index (χ0n) is 11.3. The largest absolute Gasteiger partial charge is 0.497 e. The minimum Gasteiger partial charge on any atom is -0.497 e. The van der Waals surface area contributed by atoms with E-state index < -0.39 is 5.82 Å². The zero-order chi connectivity index (χ0) is 15.2. The number of ether oxygens (including phenoxy) is 2. The van der Waals surface area contributed by atoms with Crippen LogP contribution in [-0.4, -0.2) is 13.4 Å². The van der Waals surface area contributed by atoms with Crippen LogP contribution in [0, 0.1) is 17.1 Å². The van der Waals surface area contributed by atoms with Crippen molar-refractivity contribution in [2.24, 2.45) is 0 Å². The molecule has 0 radical (unpaired) electrons. The van der Waals surface area contributed by atoms with Crippen molar-refractivity contribution >= 4 is 6.29 Å². The maximum atomic E-state index is 13.2. The van der Waals surface area contributed by atoms with Gasteiger partial charge in [0.2, 0.25) is 0 Å². The SMILES string of the molecule is COc1ccc(OCc2cc(F)ccc2C#N)c(C=O)c1. The van der Waals surface area contributed by atoms with Crippen LogP contribution in [0.25, 0.3) is 0 Å². The molecule has 0 saturated heterocycles. The van der Waals surface area contributed by atoms with Crippen molar-refractivity contribution in [1.82, 2.24) is 0 Å². The minimum atomic E-state index is -0.446. The number of benzene rings is 2. The number of nitriles is 1. The van der Waals surface area contributed by atoms with Crippen LogP contribution in [0.2, 0.25) is 0 Å². The Morgan fingerprint density at radius 1 is 1.29 bits per heavy atom. The lowest BCUT2D eigenvalue weighted by atomic mass is 10.1. The Bertz CT molecular complexity index is 707. The van der Waals surface area contributed by atoms with Gasteiger partial charge in [0, 0.05) is 5.56 Å². The molecule has 0 amide bonds. The molecule has 0 aliphatic carbocycles. The van der Waals surface area contributed by atoms with Crippen LogP contribution in [-0.2, 0) is 6.61 Å². The molecule has 0 saturated carbocycles. The van der Waals surface area contributed by atoms with Gasteiger partial charge in [0.1, 0.15) is 23.9 Å². The number of hydrogen-bond donors (Lipinski definition) is 0. The van der Waals surface area contributed by atoms with E-state index in [0.717, 1.165) is 0 Å². The third-order valence-corrected chi connectivity index (χ3v) is 2.91. The first kappa shape index (κ1) is 14.5. The van der Waals surface area contributed by atoms with Gasteiger partial charge in [0.25, 0.3) is 0 Å². The van der Waals surface area contributed by atoms with Crippen LogP contribution < -0.4 is 9.47 Å². The van der Waals surface area contributed by atoms with E-state index >= 15 is 0 Å². The summed E-state index contributed by atoms with van der Waals surface area (Å²) in [7, 11) is 1.50. The fourth-order valence-corrected chi connectivity index (χ4v) is 1.82. The number of methoxy groups -OCH3 is 1. The molecule has 0 spiro atoms. The Morgan fingerprint density at radius 2 is 2.10 bits per heavy atom. The lowest BCUT2D eigenvalue weighted by Crippen LogP contribution is -2.01. The highest BCUT2D eigenvalue weighted by atomic mass is 19.1. The highest BCUT2D eigenvalue weighted by molar-refractivity contribution is 5.80. The van der Waals surface area contributed by atoms with Gasteiger partial charge in [0.15, 0.2) is 6.29 Å². The van der Waals surface area contributed by atoms with Gasteiger partial charge in [-0.05, 0) is 36.4 Å². The molecule has 106 valence electrons. The minimum absolute atomic E-state index is 0.00613. The smallest absolute Gasteiger partial charge is 0.153 e. The van der Waals surface area contributed by atoms with E-state index in [1.165, 1.54) is 25.3 Å². The van der Waals surface area contributed by atoms with E-state index in [2.05, 4.69) is 0 Å². The molecule has 0 atom stereocenters. The molecule has 0 bridgehead atoms. The van der Waals surface area contributed by atoms with Crippen molar-refractivity contribution in [3.63, 3.8) is 0 Å². The topological polar surface area (TPSA) is 59.3 Å². The number of carbonyl (C=O) groups excluding carboxylic acids is 1. The summed E-state index contributed by atoms with van der Waals surface area (Å²) in [6.45, 7) is -0.00613. The molecule has 0 unspecified atom stereocenters. The highest BCUT2D eigenvalue weighted by Gasteiger charge is 2.08. The molecule has 0 aromatic heterocycles. The molecule has 0 N–H and O–H groups in total. The summed E-state index contributed by atoms with van der Waals surface area (Å²) >= 11 is 0. The number of rotatable bonds is 5. The van der Waals surface area contributed by atoms with E-state index in [4.69, 9.17) is 14.7 Å². The average Bonchev–Trinajstić information content (AvgIpc) is 2.52. The predicted molar refractivity (Wildman–Crippen MR) is 73.8 cm³/mol. The number of halogens is 1. The Kier molecular flexibility index (Phi) is 4.52. The average molecular weight is 285 g/mol. The van der Waals surface area contributed by atoms with Gasteiger partial charge >= 0.3 is 0 Å². The Labute approximate surface area is 121 Å². The molecule has 5 heteroatoms. The van der Waals surface area contributed by atoms with Crippen molar-refractivity contribution in [3.8, 4) is 17.6 Å². The quantitative estimate of drug-likeness (QED) is 0.792. The molecular formula is C16H12FNO3. The lowest BCUT2D eigenvalue weighted by Gasteiger charge is -2.10. The van der Waals surface area contributed by atoms with Crippen LogP contribution in [0.5, 0.6) is 11.5 Å². The summed E-state index contributed by atoms with van der Waals surface area (Å²) in [6.07, 6.45) is 0.647. The molecule has 2 rings (SSSR count). The first-order valence-corrected chi connectivity index (χ1v) is 6.12. The van der Waals surface area contributed by atoms with Crippen molar-refractivity contribution in [2.75, 3.05) is 7.11 Å². The standard InChI is InChI=1S/C16H12FNO3/c1-20-15-4-5-16(12(7-15)9-19)21-10-13-6-14(17)3-2-11(13)8-18/h2-7,9H,10H2,1H3. The Hall–Kier alpha value is -2.87. The normalized spacial score (nSPS) is 9.76. The number of nitrogens with zero attached hydrogens (tertiary/aromatic N) is 1. The molecule has 0 fully saturated rings. The van der Waals surface area contributed by atoms with Gasteiger partial charge in [-0.2, -0.15) is 5.26 Å². The van der Waals surface area contributed by atoms with Gasteiger partial charge in [0.05, 0.1) is 24.3 Å². The summed E-state index contributed by atoms with van der Waals surface area (Å²) < 4.78 is 23.7. The fraction of sp³-hybridized carbons (Fsp3) is 0.125. The molecule has 21 heavy (non-hydrogen) atoms. The van der Waals surface area contributed by atoms with Crippen LogP contribution in [0.4, 0.5) is 4.39 Å². The van der Waals surface area contributed by atoms with Crippen molar-refractivity contribution in [3.05, 3.63) is 58.9 Å². The molecule has 2 aromatic rings. The first-order chi connectivity index (χ1) is 10.2. The summed E-state index contributed by atoms with van der Waals surface area (Å²) in [6, 6.07) is 10.6. The monoisotopic (exact) mass is 285 g/mol. The zero-order valence-corrected chi connectivity index (χ0v) is 11.3. The van der Waals surface area contributed by atoms with Gasteiger partial charge in [-0.3, -0.25) is 4.79 Å². The van der Waals surface area contributed by atoms with Gasteiger partial charge in [-0.15, -0.1) is 0 Å². The molecule has 4 nitrogen and oxygen atoms in total.